The molecule has 33 heavy (non-hydrogen) atoms. The average Bonchev–Trinajstić information content (AvgIpc) is 3.10. The summed E-state index contributed by atoms with van der Waals surface area (Å²) < 4.78 is 0. The van der Waals surface area contributed by atoms with E-state index in [1.807, 2.05) is 24.3 Å². The summed E-state index contributed by atoms with van der Waals surface area (Å²) in [4.78, 5) is 40.8. The van der Waals surface area contributed by atoms with Crippen LogP contribution in [0.15, 0.2) is 66.7 Å². The third-order valence-corrected chi connectivity index (χ3v) is 8.12. The first-order chi connectivity index (χ1) is 15.9. The summed E-state index contributed by atoms with van der Waals surface area (Å²) >= 11 is 6.05. The van der Waals surface area contributed by atoms with E-state index in [1.165, 1.54) is 17.0 Å². The number of rotatable bonds is 3. The van der Waals surface area contributed by atoms with Crippen LogP contribution < -0.4 is 4.90 Å². The van der Waals surface area contributed by atoms with Crippen molar-refractivity contribution in [1.29, 1.82) is 0 Å². The Balaban J connectivity index is 1.60. The van der Waals surface area contributed by atoms with Crippen LogP contribution in [0.5, 0.6) is 0 Å². The molecule has 164 valence electrons. The summed E-state index contributed by atoms with van der Waals surface area (Å²) in [5.74, 6) is -3.07. The minimum Gasteiger partial charge on any atom is -0.478 e. The van der Waals surface area contributed by atoms with Crippen LogP contribution in [0, 0.1) is 11.8 Å². The molecule has 5 nitrogen and oxygen atoms in total. The number of anilines is 1. The second-order valence-electron chi connectivity index (χ2n) is 8.96. The number of hydrogen-bond donors (Lipinski definition) is 1. The Kier molecular flexibility index (Phi) is 4.15. The fourth-order valence-corrected chi connectivity index (χ4v) is 6.80. The van der Waals surface area contributed by atoms with Gasteiger partial charge >= 0.3 is 5.97 Å². The number of aromatic carboxylic acids is 1. The minimum absolute atomic E-state index is 0.0627. The highest BCUT2D eigenvalue weighted by atomic mass is 35.5. The Morgan fingerprint density at radius 1 is 0.970 bits per heavy atom. The first-order valence-electron chi connectivity index (χ1n) is 11.0. The Morgan fingerprint density at radius 3 is 2.15 bits per heavy atom. The maximum absolute atomic E-state index is 14.0. The predicted octanol–water partition coefficient (Wildman–Crippen LogP) is 5.00. The Bertz CT molecular complexity index is 1330. The van der Waals surface area contributed by atoms with Gasteiger partial charge in [0.15, 0.2) is 0 Å². The molecular formula is C27H20ClNO4. The van der Waals surface area contributed by atoms with E-state index in [9.17, 15) is 19.5 Å². The van der Waals surface area contributed by atoms with Gasteiger partial charge in [-0.2, -0.15) is 0 Å². The van der Waals surface area contributed by atoms with Gasteiger partial charge in [-0.05, 0) is 46.9 Å². The van der Waals surface area contributed by atoms with E-state index < -0.39 is 23.2 Å². The molecule has 0 unspecified atom stereocenters. The molecule has 1 fully saturated rings. The fourth-order valence-electron chi connectivity index (χ4n) is 6.60. The molecule has 3 aromatic rings. The Morgan fingerprint density at radius 2 is 1.58 bits per heavy atom. The van der Waals surface area contributed by atoms with Crippen molar-refractivity contribution in [3.8, 4) is 0 Å². The molecule has 3 aliphatic carbocycles. The van der Waals surface area contributed by atoms with Crippen molar-refractivity contribution in [2.45, 2.75) is 24.7 Å². The predicted molar refractivity (Wildman–Crippen MR) is 124 cm³/mol. The second-order valence-corrected chi connectivity index (χ2v) is 9.37. The first-order valence-corrected chi connectivity index (χ1v) is 11.4. The number of nitrogens with zero attached hydrogens (tertiary/aromatic N) is 1. The van der Waals surface area contributed by atoms with Gasteiger partial charge in [0.05, 0.1) is 28.1 Å². The lowest BCUT2D eigenvalue weighted by Crippen LogP contribution is -2.53. The third kappa shape index (κ3) is 2.35. The number of halogens is 1. The molecule has 1 N–H and O–H groups in total. The van der Waals surface area contributed by atoms with Crippen molar-refractivity contribution in [3.05, 3.63) is 99.6 Å². The van der Waals surface area contributed by atoms with E-state index in [1.54, 1.807) is 6.07 Å². The largest absolute Gasteiger partial charge is 0.478 e. The molecule has 2 bridgehead atoms. The number of carbonyl (C=O) groups is 3. The van der Waals surface area contributed by atoms with Gasteiger partial charge in [0.1, 0.15) is 0 Å². The van der Waals surface area contributed by atoms with E-state index >= 15 is 0 Å². The van der Waals surface area contributed by atoms with Crippen LogP contribution in [-0.2, 0) is 15.0 Å². The van der Waals surface area contributed by atoms with Crippen molar-refractivity contribution >= 4 is 35.1 Å². The monoisotopic (exact) mass is 457 g/mol. The summed E-state index contributed by atoms with van der Waals surface area (Å²) in [6.45, 7) is 2.07. The van der Waals surface area contributed by atoms with E-state index in [0.29, 0.717) is 6.42 Å². The highest BCUT2D eigenvalue weighted by Crippen LogP contribution is 2.65. The van der Waals surface area contributed by atoms with Crippen LogP contribution in [0.3, 0.4) is 0 Å². The van der Waals surface area contributed by atoms with Crippen LogP contribution >= 0.6 is 11.6 Å². The lowest BCUT2D eigenvalue weighted by atomic mass is 9.46. The summed E-state index contributed by atoms with van der Waals surface area (Å²) in [6, 6.07) is 20.6. The van der Waals surface area contributed by atoms with Gasteiger partial charge in [-0.25, -0.2) is 9.69 Å². The number of carboxylic acid groups (broad SMARTS) is 1. The molecule has 4 aliphatic rings. The molecule has 6 heteroatoms. The lowest BCUT2D eigenvalue weighted by Gasteiger charge is -2.54. The third-order valence-electron chi connectivity index (χ3n) is 7.79. The second kappa shape index (κ2) is 6.78. The molecule has 2 atom stereocenters. The maximum atomic E-state index is 14.0. The van der Waals surface area contributed by atoms with Crippen LogP contribution in [0.2, 0.25) is 5.02 Å². The number of benzene rings is 3. The highest BCUT2D eigenvalue weighted by Gasteiger charge is 2.67. The molecular weight excluding hydrogens is 438 g/mol. The van der Waals surface area contributed by atoms with E-state index in [4.69, 9.17) is 11.6 Å². The van der Waals surface area contributed by atoms with Crippen LogP contribution in [-0.4, -0.2) is 22.9 Å². The number of carbonyl (C=O) groups excluding carboxylic acids is 2. The summed E-state index contributed by atoms with van der Waals surface area (Å²) in [5.41, 5.74) is 3.93. The number of carboxylic acids is 1. The van der Waals surface area contributed by atoms with E-state index in [0.717, 1.165) is 22.3 Å². The zero-order valence-electron chi connectivity index (χ0n) is 17.8. The zero-order valence-corrected chi connectivity index (χ0v) is 18.5. The van der Waals surface area contributed by atoms with Gasteiger partial charge in [-0.15, -0.1) is 0 Å². The maximum Gasteiger partial charge on any atom is 0.337 e. The van der Waals surface area contributed by atoms with E-state index in [2.05, 4.69) is 31.2 Å². The van der Waals surface area contributed by atoms with Crippen molar-refractivity contribution in [2.24, 2.45) is 11.8 Å². The number of imide groups is 1. The SMILES string of the molecule is CCC12c3ccccc3C(c3ccccc31)[C@H]1C(=O)N(c3ccc(Cl)c(C(=O)O)c3)C(=O)[C@@H]12. The van der Waals surface area contributed by atoms with Crippen LogP contribution in [0.4, 0.5) is 5.69 Å². The van der Waals surface area contributed by atoms with Gasteiger partial charge < -0.3 is 5.11 Å². The van der Waals surface area contributed by atoms with Gasteiger partial charge in [0.2, 0.25) is 11.8 Å². The number of amides is 2. The summed E-state index contributed by atoms with van der Waals surface area (Å²) in [7, 11) is 0. The Labute approximate surface area is 195 Å². The Hall–Kier alpha value is -3.44. The molecule has 0 radical (unpaired) electrons. The zero-order chi connectivity index (χ0) is 23.1. The molecule has 0 saturated carbocycles. The van der Waals surface area contributed by atoms with Crippen molar-refractivity contribution in [2.75, 3.05) is 4.90 Å². The molecule has 0 aromatic heterocycles. The molecule has 1 heterocycles. The van der Waals surface area contributed by atoms with E-state index in [-0.39, 0.29) is 34.0 Å². The summed E-state index contributed by atoms with van der Waals surface area (Å²) in [6.07, 6.45) is 0.669. The van der Waals surface area contributed by atoms with Crippen molar-refractivity contribution in [3.63, 3.8) is 0 Å². The number of hydrogen-bond acceptors (Lipinski definition) is 3. The molecule has 2 amide bonds. The molecule has 7 rings (SSSR count). The van der Waals surface area contributed by atoms with Crippen LogP contribution in [0.1, 0.15) is 51.9 Å². The van der Waals surface area contributed by atoms with Gasteiger partial charge in [-0.1, -0.05) is 67.1 Å². The van der Waals surface area contributed by atoms with Crippen molar-refractivity contribution in [1.82, 2.24) is 0 Å². The standard InChI is InChI=1S/C27H20ClNO4/c1-2-27-18-9-5-3-7-15(18)21(16-8-4-6-10-19(16)27)22-23(27)25(31)29(24(22)30)14-11-12-20(28)17(13-14)26(32)33/h3-13,21-23H,2H2,1H3,(H,32,33)/t21?,22-,23-,27?/m1/s1. The lowest BCUT2D eigenvalue weighted by molar-refractivity contribution is -0.123. The molecule has 0 spiro atoms. The van der Waals surface area contributed by atoms with Gasteiger partial charge in [0, 0.05) is 11.3 Å². The topological polar surface area (TPSA) is 74.7 Å². The average molecular weight is 458 g/mol. The van der Waals surface area contributed by atoms with Crippen molar-refractivity contribution < 1.29 is 19.5 Å². The van der Waals surface area contributed by atoms with Gasteiger partial charge in [0.25, 0.3) is 0 Å². The smallest absolute Gasteiger partial charge is 0.337 e. The highest BCUT2D eigenvalue weighted by molar-refractivity contribution is 6.34. The normalized spacial score (nSPS) is 26.7. The van der Waals surface area contributed by atoms with Gasteiger partial charge in [-0.3, -0.25) is 9.59 Å². The summed E-state index contributed by atoms with van der Waals surface area (Å²) in [5, 5.41) is 9.57. The molecule has 3 aromatic carbocycles. The molecule has 1 aliphatic heterocycles. The fraction of sp³-hybridized carbons (Fsp3) is 0.222. The van der Waals surface area contributed by atoms with Crippen LogP contribution in [0.25, 0.3) is 0 Å². The quantitative estimate of drug-likeness (QED) is 0.562. The minimum atomic E-state index is -1.21. The molecule has 1 saturated heterocycles. The first kappa shape index (κ1) is 20.2.